The van der Waals surface area contributed by atoms with Crippen molar-refractivity contribution in [3.8, 4) is 0 Å². The maximum atomic E-state index is 13.8. The minimum Gasteiger partial charge on any atom is -0.478 e. The van der Waals surface area contributed by atoms with Crippen LogP contribution < -0.4 is 4.90 Å². The van der Waals surface area contributed by atoms with Crippen molar-refractivity contribution in [1.82, 2.24) is 0 Å². The van der Waals surface area contributed by atoms with Crippen LogP contribution in [0.4, 0.5) is 10.1 Å². The molecule has 0 amide bonds. The first-order chi connectivity index (χ1) is 9.93. The number of carboxylic acids is 1. The highest BCUT2D eigenvalue weighted by Gasteiger charge is 2.12. The van der Waals surface area contributed by atoms with E-state index < -0.39 is 5.97 Å². The average Bonchev–Trinajstić information content (AvgIpc) is 2.40. The van der Waals surface area contributed by atoms with Gasteiger partial charge in [0.15, 0.2) is 0 Å². The highest BCUT2D eigenvalue weighted by molar-refractivity contribution is 5.85. The number of carboxylic acid groups (broad SMARTS) is 1. The number of rotatable bonds is 8. The summed E-state index contributed by atoms with van der Waals surface area (Å²) in [5.41, 5.74) is 1.36. The number of halogens is 1. The van der Waals surface area contributed by atoms with E-state index in [0.717, 1.165) is 37.6 Å². The highest BCUT2D eigenvalue weighted by Crippen LogP contribution is 2.22. The fourth-order valence-corrected chi connectivity index (χ4v) is 2.24. The minimum absolute atomic E-state index is 0.264. The van der Waals surface area contributed by atoms with Gasteiger partial charge in [0, 0.05) is 24.4 Å². The molecule has 0 aliphatic heterocycles. The van der Waals surface area contributed by atoms with Crippen LogP contribution in [0.15, 0.2) is 24.3 Å². The molecule has 0 unspecified atom stereocenters. The predicted octanol–water partition coefficient (Wildman–Crippen LogP) is 4.33. The first-order valence-corrected chi connectivity index (χ1v) is 7.42. The van der Waals surface area contributed by atoms with Crippen LogP contribution in [-0.2, 0) is 4.79 Å². The highest BCUT2D eigenvalue weighted by atomic mass is 19.1. The first-order valence-electron chi connectivity index (χ1n) is 7.42. The molecule has 0 aromatic heterocycles. The molecule has 4 heteroatoms. The van der Waals surface area contributed by atoms with Crippen molar-refractivity contribution in [1.29, 1.82) is 0 Å². The number of unbranched alkanes of at least 4 members (excludes halogenated alkanes) is 2. The monoisotopic (exact) mass is 293 g/mol. The third-order valence-corrected chi connectivity index (χ3v) is 3.28. The summed E-state index contributed by atoms with van der Waals surface area (Å²) in [6.07, 6.45) is 5.78. The zero-order valence-electron chi connectivity index (χ0n) is 13.0. The lowest BCUT2D eigenvalue weighted by molar-refractivity contribution is -0.131. The molecular formula is C17H24FNO2. The molecule has 3 nitrogen and oxygen atoms in total. The lowest BCUT2D eigenvalue weighted by atomic mass is 10.1. The zero-order chi connectivity index (χ0) is 15.8. The predicted molar refractivity (Wildman–Crippen MR) is 85.1 cm³/mol. The summed E-state index contributed by atoms with van der Waals surface area (Å²) in [5.74, 6) is -1.39. The fraction of sp³-hybridized carbons (Fsp3) is 0.471. The van der Waals surface area contributed by atoms with Crippen LogP contribution in [0, 0.1) is 5.82 Å². The summed E-state index contributed by atoms with van der Waals surface area (Å²) in [5, 5.41) is 8.66. The van der Waals surface area contributed by atoms with Gasteiger partial charge in [-0.1, -0.05) is 19.8 Å². The number of anilines is 1. The van der Waals surface area contributed by atoms with E-state index >= 15 is 0 Å². The van der Waals surface area contributed by atoms with E-state index in [1.165, 1.54) is 18.2 Å². The lowest BCUT2D eigenvalue weighted by Gasteiger charge is -2.29. The summed E-state index contributed by atoms with van der Waals surface area (Å²) >= 11 is 0. The van der Waals surface area contributed by atoms with Crippen molar-refractivity contribution >= 4 is 17.7 Å². The zero-order valence-corrected chi connectivity index (χ0v) is 13.0. The normalized spacial score (nSPS) is 11.3. The van der Waals surface area contributed by atoms with Crippen LogP contribution in [0.1, 0.15) is 45.6 Å². The molecule has 0 fully saturated rings. The quantitative estimate of drug-likeness (QED) is 0.573. The summed E-state index contributed by atoms with van der Waals surface area (Å²) in [6.45, 7) is 7.17. The van der Waals surface area contributed by atoms with Gasteiger partial charge < -0.3 is 10.0 Å². The van der Waals surface area contributed by atoms with Gasteiger partial charge in [0.25, 0.3) is 0 Å². The van der Waals surface area contributed by atoms with Gasteiger partial charge in [-0.05, 0) is 50.1 Å². The summed E-state index contributed by atoms with van der Waals surface area (Å²) in [7, 11) is 0. The molecule has 1 aromatic carbocycles. The Morgan fingerprint density at radius 2 is 2.05 bits per heavy atom. The van der Waals surface area contributed by atoms with Gasteiger partial charge in [-0.25, -0.2) is 9.18 Å². The second-order valence-corrected chi connectivity index (χ2v) is 5.41. The molecule has 0 spiro atoms. The van der Waals surface area contributed by atoms with Crippen molar-refractivity contribution in [3.63, 3.8) is 0 Å². The van der Waals surface area contributed by atoms with Crippen molar-refractivity contribution in [3.05, 3.63) is 35.7 Å². The molecule has 0 saturated heterocycles. The molecule has 116 valence electrons. The molecule has 1 aromatic rings. The van der Waals surface area contributed by atoms with Crippen molar-refractivity contribution in [2.75, 3.05) is 11.4 Å². The lowest BCUT2D eigenvalue weighted by Crippen LogP contribution is -2.31. The number of benzene rings is 1. The van der Waals surface area contributed by atoms with Gasteiger partial charge >= 0.3 is 5.97 Å². The van der Waals surface area contributed by atoms with E-state index in [1.807, 2.05) is 6.07 Å². The second kappa shape index (κ2) is 8.45. The SMILES string of the molecule is CCCCCN(c1cc(F)cc(/C=C/C(=O)O)c1)C(C)C. The number of hydrogen-bond donors (Lipinski definition) is 1. The standard InChI is InChI=1S/C17H24FNO2/c1-4-5-6-9-19(13(2)3)16-11-14(7-8-17(20)21)10-15(18)12-16/h7-8,10-13H,4-6,9H2,1-3H3,(H,20,21)/b8-7+. The minimum atomic E-state index is -1.04. The van der Waals surface area contributed by atoms with Crippen molar-refractivity contribution in [2.45, 2.75) is 46.1 Å². The first kappa shape index (κ1) is 17.2. The Balaban J connectivity index is 2.99. The Kier molecular flexibility index (Phi) is 6.92. The summed E-state index contributed by atoms with van der Waals surface area (Å²) < 4.78 is 13.8. The van der Waals surface area contributed by atoms with E-state index in [-0.39, 0.29) is 11.9 Å². The summed E-state index contributed by atoms with van der Waals surface area (Å²) in [6, 6.07) is 4.94. The Morgan fingerprint density at radius 3 is 2.62 bits per heavy atom. The number of nitrogens with zero attached hydrogens (tertiary/aromatic N) is 1. The molecular weight excluding hydrogens is 269 g/mol. The van der Waals surface area contributed by atoms with Gasteiger partial charge in [-0.3, -0.25) is 0 Å². The maximum Gasteiger partial charge on any atom is 0.328 e. The summed E-state index contributed by atoms with van der Waals surface area (Å²) in [4.78, 5) is 12.7. The van der Waals surface area contributed by atoms with Gasteiger partial charge in [-0.2, -0.15) is 0 Å². The molecule has 1 rings (SSSR count). The third-order valence-electron chi connectivity index (χ3n) is 3.28. The van der Waals surface area contributed by atoms with Gasteiger partial charge in [0.05, 0.1) is 0 Å². The Morgan fingerprint density at radius 1 is 1.33 bits per heavy atom. The number of carbonyl (C=O) groups is 1. The van der Waals surface area contributed by atoms with Crippen molar-refractivity contribution < 1.29 is 14.3 Å². The molecule has 0 saturated carbocycles. The number of aliphatic carboxylic acids is 1. The van der Waals surface area contributed by atoms with Crippen LogP contribution in [-0.4, -0.2) is 23.7 Å². The maximum absolute atomic E-state index is 13.8. The molecule has 0 atom stereocenters. The van der Waals surface area contributed by atoms with E-state index in [4.69, 9.17) is 5.11 Å². The van der Waals surface area contributed by atoms with Gasteiger partial charge in [-0.15, -0.1) is 0 Å². The number of hydrogen-bond acceptors (Lipinski definition) is 2. The third kappa shape index (κ3) is 5.98. The van der Waals surface area contributed by atoms with E-state index in [1.54, 1.807) is 0 Å². The van der Waals surface area contributed by atoms with E-state index in [0.29, 0.717) is 5.56 Å². The molecule has 0 radical (unpaired) electrons. The molecule has 0 aliphatic rings. The smallest absolute Gasteiger partial charge is 0.328 e. The van der Waals surface area contributed by atoms with Crippen molar-refractivity contribution in [2.24, 2.45) is 0 Å². The van der Waals surface area contributed by atoms with E-state index in [2.05, 4.69) is 25.7 Å². The Hall–Kier alpha value is -1.84. The van der Waals surface area contributed by atoms with E-state index in [9.17, 15) is 9.18 Å². The Labute approximate surface area is 126 Å². The van der Waals surface area contributed by atoms with Crippen LogP contribution in [0.5, 0.6) is 0 Å². The van der Waals surface area contributed by atoms with Gasteiger partial charge in [0.2, 0.25) is 0 Å². The molecule has 21 heavy (non-hydrogen) atoms. The second-order valence-electron chi connectivity index (χ2n) is 5.41. The fourth-order valence-electron chi connectivity index (χ4n) is 2.24. The Bertz CT molecular complexity index is 498. The largest absolute Gasteiger partial charge is 0.478 e. The van der Waals surface area contributed by atoms with Gasteiger partial charge in [0.1, 0.15) is 5.82 Å². The average molecular weight is 293 g/mol. The molecule has 0 heterocycles. The molecule has 1 N–H and O–H groups in total. The molecule has 0 bridgehead atoms. The van der Waals surface area contributed by atoms with Crippen LogP contribution in [0.3, 0.4) is 0 Å². The topological polar surface area (TPSA) is 40.5 Å². The van der Waals surface area contributed by atoms with Crippen LogP contribution in [0.25, 0.3) is 6.08 Å². The van der Waals surface area contributed by atoms with Crippen LogP contribution >= 0.6 is 0 Å². The molecule has 0 aliphatic carbocycles. The van der Waals surface area contributed by atoms with Crippen LogP contribution in [0.2, 0.25) is 0 Å².